The van der Waals surface area contributed by atoms with Crippen molar-refractivity contribution in [2.24, 2.45) is 0 Å². The van der Waals surface area contributed by atoms with E-state index in [0.717, 1.165) is 0 Å². The van der Waals surface area contributed by atoms with Crippen molar-refractivity contribution >= 4 is 12.0 Å². The Hall–Kier alpha value is -1.55. The monoisotopic (exact) mass is 285 g/mol. The van der Waals surface area contributed by atoms with E-state index in [2.05, 4.69) is 4.84 Å². The molecule has 19 heavy (non-hydrogen) atoms. The average molecular weight is 285 g/mol. The van der Waals surface area contributed by atoms with Gasteiger partial charge >= 0.3 is 18.2 Å². The molecule has 1 heterocycles. The number of nitrogens with one attached hydrogen (secondary N) is 1. The van der Waals surface area contributed by atoms with Gasteiger partial charge in [-0.25, -0.2) is 15.1 Å². The van der Waals surface area contributed by atoms with Gasteiger partial charge in [0, 0.05) is 26.2 Å². The van der Waals surface area contributed by atoms with Crippen molar-refractivity contribution in [1.29, 1.82) is 0 Å². The third-order valence-corrected chi connectivity index (χ3v) is 2.42. The Labute approximate surface area is 106 Å². The van der Waals surface area contributed by atoms with Gasteiger partial charge in [0.15, 0.2) is 6.61 Å². The van der Waals surface area contributed by atoms with Crippen LogP contribution in [-0.4, -0.2) is 72.4 Å². The summed E-state index contributed by atoms with van der Waals surface area (Å²) >= 11 is 0. The second-order valence-electron chi connectivity index (χ2n) is 3.97. The minimum atomic E-state index is -4.25. The van der Waals surface area contributed by atoms with E-state index in [4.69, 9.17) is 5.11 Å². The largest absolute Gasteiger partial charge is 0.479 e. The van der Waals surface area contributed by atoms with E-state index < -0.39 is 31.3 Å². The van der Waals surface area contributed by atoms with Crippen LogP contribution in [0.1, 0.15) is 0 Å². The van der Waals surface area contributed by atoms with E-state index >= 15 is 0 Å². The second-order valence-corrected chi connectivity index (χ2v) is 3.97. The number of carboxylic acid groups (broad SMARTS) is 1. The Balaban J connectivity index is 2.25. The van der Waals surface area contributed by atoms with Crippen LogP contribution in [0.5, 0.6) is 0 Å². The number of aliphatic carboxylic acids is 1. The summed E-state index contributed by atoms with van der Waals surface area (Å²) in [4.78, 5) is 28.4. The van der Waals surface area contributed by atoms with Gasteiger partial charge in [0.05, 0.1) is 6.54 Å². The van der Waals surface area contributed by atoms with E-state index in [1.165, 1.54) is 9.80 Å². The number of nitrogens with zero attached hydrogens (tertiary/aromatic N) is 2. The molecule has 2 N–H and O–H groups in total. The van der Waals surface area contributed by atoms with E-state index in [9.17, 15) is 22.8 Å². The molecule has 0 aromatic heterocycles. The molecule has 110 valence electrons. The summed E-state index contributed by atoms with van der Waals surface area (Å²) in [7, 11) is 0. The van der Waals surface area contributed by atoms with Gasteiger partial charge in [0.25, 0.3) is 0 Å². The van der Waals surface area contributed by atoms with Crippen LogP contribution in [0.4, 0.5) is 18.0 Å². The fraction of sp³-hybridized carbons (Fsp3) is 0.778. The van der Waals surface area contributed by atoms with Crippen LogP contribution in [0.3, 0.4) is 0 Å². The van der Waals surface area contributed by atoms with Crippen molar-refractivity contribution in [3.63, 3.8) is 0 Å². The van der Waals surface area contributed by atoms with Crippen molar-refractivity contribution < 1.29 is 32.7 Å². The normalized spacial score (nSPS) is 17.3. The number of carbonyl (C=O) groups excluding carboxylic acids is 1. The quantitative estimate of drug-likeness (QED) is 0.704. The number of amides is 2. The summed E-state index contributed by atoms with van der Waals surface area (Å²) in [5.41, 5.74) is 1.91. The van der Waals surface area contributed by atoms with Crippen LogP contribution in [0.2, 0.25) is 0 Å². The molecule has 0 saturated carbocycles. The Kier molecular flexibility index (Phi) is 5.36. The third-order valence-electron chi connectivity index (χ3n) is 2.42. The predicted octanol–water partition coefficient (Wildman–Crippen LogP) is -0.108. The van der Waals surface area contributed by atoms with Crippen molar-refractivity contribution in [2.45, 2.75) is 6.18 Å². The van der Waals surface area contributed by atoms with Crippen molar-refractivity contribution in [3.8, 4) is 0 Å². The molecular formula is C9H14F3N3O4. The predicted molar refractivity (Wildman–Crippen MR) is 56.2 cm³/mol. The standard InChI is InChI=1S/C9H14F3N3O4/c10-9(11,12)6-14-1-3-15(4-2-14)8(18)13-19-5-7(16)17/h1-6H2,(H,13,18)(H,16,17). The summed E-state index contributed by atoms with van der Waals surface area (Å²) in [5.74, 6) is -1.24. The highest BCUT2D eigenvalue weighted by Gasteiger charge is 2.32. The Morgan fingerprint density at radius 2 is 1.79 bits per heavy atom. The number of alkyl halides is 3. The molecule has 1 rings (SSSR count). The summed E-state index contributed by atoms with van der Waals surface area (Å²) in [6, 6.07) is -0.659. The van der Waals surface area contributed by atoms with Gasteiger partial charge in [0.1, 0.15) is 0 Å². The van der Waals surface area contributed by atoms with Crippen LogP contribution in [0, 0.1) is 0 Å². The molecule has 2 amide bonds. The number of carbonyl (C=O) groups is 2. The Morgan fingerprint density at radius 3 is 2.26 bits per heavy atom. The molecule has 10 heteroatoms. The zero-order valence-electron chi connectivity index (χ0n) is 9.94. The van der Waals surface area contributed by atoms with Gasteiger partial charge in [-0.05, 0) is 0 Å². The van der Waals surface area contributed by atoms with Crippen LogP contribution >= 0.6 is 0 Å². The Bertz CT molecular complexity index is 329. The molecule has 7 nitrogen and oxygen atoms in total. The number of hydrogen-bond donors (Lipinski definition) is 2. The van der Waals surface area contributed by atoms with Crippen molar-refractivity contribution in [2.75, 3.05) is 39.3 Å². The number of piperazine rings is 1. The number of rotatable bonds is 4. The minimum absolute atomic E-state index is 0.103. The molecule has 1 aliphatic heterocycles. The molecule has 0 bridgehead atoms. The van der Waals surface area contributed by atoms with Crippen LogP contribution < -0.4 is 5.48 Å². The summed E-state index contributed by atoms with van der Waals surface area (Å²) in [6.45, 7) is -1.23. The van der Waals surface area contributed by atoms with E-state index in [-0.39, 0.29) is 26.2 Å². The first-order valence-corrected chi connectivity index (χ1v) is 5.45. The fourth-order valence-corrected chi connectivity index (χ4v) is 1.59. The fourth-order valence-electron chi connectivity index (χ4n) is 1.59. The van der Waals surface area contributed by atoms with E-state index in [0.29, 0.717) is 0 Å². The van der Waals surface area contributed by atoms with Gasteiger partial charge in [-0.15, -0.1) is 0 Å². The summed E-state index contributed by atoms with van der Waals surface area (Å²) < 4.78 is 36.4. The summed E-state index contributed by atoms with van der Waals surface area (Å²) in [6.07, 6.45) is -4.25. The highest BCUT2D eigenvalue weighted by atomic mass is 19.4. The molecule has 0 atom stereocenters. The van der Waals surface area contributed by atoms with Gasteiger partial charge in [-0.1, -0.05) is 0 Å². The number of halogens is 3. The SMILES string of the molecule is O=C(O)CONC(=O)N1CCN(CC(F)(F)F)CC1. The molecule has 0 aromatic rings. The molecule has 0 unspecified atom stereocenters. The maximum absolute atomic E-state index is 12.1. The minimum Gasteiger partial charge on any atom is -0.479 e. The molecule has 0 radical (unpaired) electrons. The average Bonchev–Trinajstić information content (AvgIpc) is 2.27. The van der Waals surface area contributed by atoms with Crippen LogP contribution in [-0.2, 0) is 9.63 Å². The van der Waals surface area contributed by atoms with E-state index in [1.807, 2.05) is 5.48 Å². The maximum atomic E-state index is 12.1. The molecule has 0 spiro atoms. The third kappa shape index (κ3) is 6.25. The lowest BCUT2D eigenvalue weighted by atomic mass is 10.3. The van der Waals surface area contributed by atoms with Crippen molar-refractivity contribution in [1.82, 2.24) is 15.3 Å². The number of carboxylic acids is 1. The van der Waals surface area contributed by atoms with Crippen molar-refractivity contribution in [3.05, 3.63) is 0 Å². The zero-order chi connectivity index (χ0) is 14.5. The topological polar surface area (TPSA) is 82.1 Å². The first-order chi connectivity index (χ1) is 8.78. The van der Waals surface area contributed by atoms with Gasteiger partial charge in [0.2, 0.25) is 0 Å². The lowest BCUT2D eigenvalue weighted by molar-refractivity contribution is -0.148. The molecule has 0 aliphatic carbocycles. The first-order valence-electron chi connectivity index (χ1n) is 5.45. The summed E-state index contributed by atoms with van der Waals surface area (Å²) in [5, 5.41) is 8.28. The lowest BCUT2D eigenvalue weighted by Gasteiger charge is -2.34. The zero-order valence-corrected chi connectivity index (χ0v) is 9.94. The van der Waals surface area contributed by atoms with Gasteiger partial charge in [-0.2, -0.15) is 13.2 Å². The maximum Gasteiger partial charge on any atom is 0.401 e. The number of hydroxylamine groups is 1. The molecular weight excluding hydrogens is 271 g/mol. The number of hydrogen-bond acceptors (Lipinski definition) is 4. The van der Waals surface area contributed by atoms with Crippen LogP contribution in [0.15, 0.2) is 0 Å². The lowest BCUT2D eigenvalue weighted by Crippen LogP contribution is -2.53. The first kappa shape index (κ1) is 15.5. The molecule has 1 saturated heterocycles. The smallest absolute Gasteiger partial charge is 0.401 e. The molecule has 0 aromatic carbocycles. The Morgan fingerprint density at radius 1 is 1.21 bits per heavy atom. The highest BCUT2D eigenvalue weighted by Crippen LogP contribution is 2.17. The molecule has 1 fully saturated rings. The van der Waals surface area contributed by atoms with Gasteiger partial charge in [-0.3, -0.25) is 9.74 Å². The number of urea groups is 1. The van der Waals surface area contributed by atoms with E-state index in [1.54, 1.807) is 0 Å². The second kappa shape index (κ2) is 6.57. The van der Waals surface area contributed by atoms with Crippen LogP contribution in [0.25, 0.3) is 0 Å². The highest BCUT2D eigenvalue weighted by molar-refractivity contribution is 5.73. The van der Waals surface area contributed by atoms with Gasteiger partial charge < -0.3 is 10.0 Å². The molecule has 1 aliphatic rings.